The number of carbonyl (C=O) groups excluding carboxylic acids is 1. The van der Waals surface area contributed by atoms with E-state index in [0.29, 0.717) is 30.5 Å². The molecule has 1 aromatic heterocycles. The lowest BCUT2D eigenvalue weighted by molar-refractivity contribution is -0.126. The third-order valence-electron chi connectivity index (χ3n) is 6.22. The van der Waals surface area contributed by atoms with Gasteiger partial charge in [-0.1, -0.05) is 72.8 Å². The molecule has 4 aromatic rings. The average molecular weight is 424 g/mol. The SMILES string of the molecule is Cc1nnnn1/C(=C\c1ccccc1)C(=O)N1CCC(c2cccc3ccccc23)CC1. The Kier molecular flexibility index (Phi) is 5.50. The maximum Gasteiger partial charge on any atom is 0.272 e. The summed E-state index contributed by atoms with van der Waals surface area (Å²) in [6.45, 7) is 3.22. The van der Waals surface area contributed by atoms with E-state index in [0.717, 1.165) is 18.4 Å². The highest BCUT2D eigenvalue weighted by Gasteiger charge is 2.28. The van der Waals surface area contributed by atoms with Crippen LogP contribution in [0.2, 0.25) is 0 Å². The maximum absolute atomic E-state index is 13.6. The van der Waals surface area contributed by atoms with Crippen molar-refractivity contribution < 1.29 is 4.79 Å². The molecule has 1 fully saturated rings. The number of piperidine rings is 1. The summed E-state index contributed by atoms with van der Waals surface area (Å²) in [5.74, 6) is 0.994. The zero-order chi connectivity index (χ0) is 21.9. The number of benzene rings is 3. The summed E-state index contributed by atoms with van der Waals surface area (Å²) in [4.78, 5) is 15.5. The molecular formula is C26H25N5O. The molecule has 5 rings (SSSR count). The van der Waals surface area contributed by atoms with Crippen LogP contribution in [0.4, 0.5) is 0 Å². The molecule has 0 aliphatic carbocycles. The van der Waals surface area contributed by atoms with Gasteiger partial charge >= 0.3 is 0 Å². The zero-order valence-electron chi connectivity index (χ0n) is 18.1. The van der Waals surface area contributed by atoms with Gasteiger partial charge in [0.25, 0.3) is 5.91 Å². The van der Waals surface area contributed by atoms with Crippen LogP contribution in [0.3, 0.4) is 0 Å². The Morgan fingerprint density at radius 2 is 1.66 bits per heavy atom. The Balaban J connectivity index is 1.38. The number of hydrogen-bond acceptors (Lipinski definition) is 4. The smallest absolute Gasteiger partial charge is 0.272 e. The first-order valence-corrected chi connectivity index (χ1v) is 11.0. The largest absolute Gasteiger partial charge is 0.337 e. The van der Waals surface area contributed by atoms with Crippen molar-refractivity contribution in [2.45, 2.75) is 25.7 Å². The summed E-state index contributed by atoms with van der Waals surface area (Å²) in [6, 6.07) is 24.9. The monoisotopic (exact) mass is 423 g/mol. The van der Waals surface area contributed by atoms with Gasteiger partial charge in [0.05, 0.1) is 0 Å². The van der Waals surface area contributed by atoms with Gasteiger partial charge in [0.15, 0.2) is 5.82 Å². The lowest BCUT2D eigenvalue weighted by Gasteiger charge is -2.33. The molecular weight excluding hydrogens is 398 g/mol. The van der Waals surface area contributed by atoms with Gasteiger partial charge in [0, 0.05) is 13.1 Å². The quantitative estimate of drug-likeness (QED) is 0.452. The Hall–Kier alpha value is -3.80. The first kappa shape index (κ1) is 20.1. The molecule has 1 amide bonds. The first-order chi connectivity index (χ1) is 15.7. The predicted molar refractivity (Wildman–Crippen MR) is 126 cm³/mol. The first-order valence-electron chi connectivity index (χ1n) is 11.0. The highest BCUT2D eigenvalue weighted by molar-refractivity contribution is 6.18. The number of rotatable bonds is 4. The van der Waals surface area contributed by atoms with Gasteiger partial charge in [-0.2, -0.15) is 4.68 Å². The second-order valence-electron chi connectivity index (χ2n) is 8.21. The molecule has 6 heteroatoms. The summed E-state index contributed by atoms with van der Waals surface area (Å²) < 4.78 is 1.53. The highest BCUT2D eigenvalue weighted by atomic mass is 16.2. The fourth-order valence-corrected chi connectivity index (χ4v) is 4.54. The van der Waals surface area contributed by atoms with Gasteiger partial charge < -0.3 is 4.90 Å². The zero-order valence-corrected chi connectivity index (χ0v) is 18.1. The van der Waals surface area contributed by atoms with Crippen LogP contribution in [-0.4, -0.2) is 44.1 Å². The van der Waals surface area contributed by atoms with E-state index < -0.39 is 0 Å². The number of fused-ring (bicyclic) bond motifs is 1. The lowest BCUT2D eigenvalue weighted by Crippen LogP contribution is -2.39. The molecule has 0 saturated carbocycles. The van der Waals surface area contributed by atoms with Crippen molar-refractivity contribution >= 4 is 28.5 Å². The van der Waals surface area contributed by atoms with E-state index in [9.17, 15) is 4.79 Å². The number of aromatic nitrogens is 4. The van der Waals surface area contributed by atoms with Crippen LogP contribution in [0.5, 0.6) is 0 Å². The summed E-state index contributed by atoms with van der Waals surface area (Å²) in [5, 5.41) is 14.4. The van der Waals surface area contributed by atoms with Gasteiger partial charge in [-0.25, -0.2) is 0 Å². The predicted octanol–water partition coefficient (Wildman–Crippen LogP) is 4.54. The van der Waals surface area contributed by atoms with Crippen molar-refractivity contribution in [3.63, 3.8) is 0 Å². The number of tetrazole rings is 1. The van der Waals surface area contributed by atoms with Crippen LogP contribution in [0.15, 0.2) is 72.8 Å². The molecule has 0 spiro atoms. The van der Waals surface area contributed by atoms with Crippen molar-refractivity contribution in [3.8, 4) is 0 Å². The number of carbonyl (C=O) groups is 1. The number of aryl methyl sites for hydroxylation is 1. The molecule has 1 aliphatic rings. The summed E-state index contributed by atoms with van der Waals surface area (Å²) in [5.41, 5.74) is 2.80. The second-order valence-corrected chi connectivity index (χ2v) is 8.21. The fraction of sp³-hybridized carbons (Fsp3) is 0.231. The number of likely N-dealkylation sites (tertiary alicyclic amines) is 1. The van der Waals surface area contributed by atoms with E-state index in [-0.39, 0.29) is 5.91 Å². The molecule has 0 radical (unpaired) electrons. The second kappa shape index (κ2) is 8.75. The van der Waals surface area contributed by atoms with Crippen molar-refractivity contribution in [3.05, 3.63) is 89.7 Å². The van der Waals surface area contributed by atoms with Gasteiger partial charge in [-0.05, 0) is 64.1 Å². The lowest BCUT2D eigenvalue weighted by atomic mass is 9.86. The average Bonchev–Trinajstić information content (AvgIpc) is 3.28. The molecule has 160 valence electrons. The van der Waals surface area contributed by atoms with Crippen LogP contribution in [-0.2, 0) is 4.79 Å². The van der Waals surface area contributed by atoms with Crippen LogP contribution in [0.25, 0.3) is 22.5 Å². The number of nitrogens with zero attached hydrogens (tertiary/aromatic N) is 5. The molecule has 0 atom stereocenters. The summed E-state index contributed by atoms with van der Waals surface area (Å²) >= 11 is 0. The maximum atomic E-state index is 13.6. The molecule has 0 unspecified atom stereocenters. The molecule has 0 bridgehead atoms. The third-order valence-corrected chi connectivity index (χ3v) is 6.22. The van der Waals surface area contributed by atoms with Crippen LogP contribution >= 0.6 is 0 Å². The molecule has 0 N–H and O–H groups in total. The molecule has 3 aromatic carbocycles. The van der Waals surface area contributed by atoms with Crippen LogP contribution in [0.1, 0.15) is 35.7 Å². The molecule has 1 saturated heterocycles. The van der Waals surface area contributed by atoms with Crippen molar-refractivity contribution in [2.75, 3.05) is 13.1 Å². The van der Waals surface area contributed by atoms with E-state index in [2.05, 4.69) is 58.0 Å². The highest BCUT2D eigenvalue weighted by Crippen LogP contribution is 2.33. The summed E-state index contributed by atoms with van der Waals surface area (Å²) in [6.07, 6.45) is 3.74. The van der Waals surface area contributed by atoms with E-state index >= 15 is 0 Å². The minimum atomic E-state index is -0.0411. The molecule has 32 heavy (non-hydrogen) atoms. The van der Waals surface area contributed by atoms with Crippen molar-refractivity contribution in [1.82, 2.24) is 25.1 Å². The standard InChI is InChI=1S/C26H25N5O/c1-19-27-28-29-31(19)25(18-20-8-3-2-4-9-20)26(32)30-16-14-22(15-17-30)24-13-7-11-21-10-5-6-12-23(21)24/h2-13,18,22H,14-17H2,1H3/b25-18-. The molecule has 6 nitrogen and oxygen atoms in total. The molecule has 2 heterocycles. The molecule has 1 aliphatic heterocycles. The minimum Gasteiger partial charge on any atom is -0.337 e. The Morgan fingerprint density at radius 3 is 2.41 bits per heavy atom. The van der Waals surface area contributed by atoms with Crippen molar-refractivity contribution in [2.24, 2.45) is 0 Å². The van der Waals surface area contributed by atoms with Crippen LogP contribution < -0.4 is 0 Å². The Bertz CT molecular complexity index is 1260. The van der Waals surface area contributed by atoms with E-state index in [1.165, 1.54) is 21.0 Å². The van der Waals surface area contributed by atoms with Gasteiger partial charge in [0.1, 0.15) is 5.70 Å². The number of amides is 1. The minimum absolute atomic E-state index is 0.0411. The van der Waals surface area contributed by atoms with E-state index in [1.54, 1.807) is 6.92 Å². The Morgan fingerprint density at radius 1 is 0.938 bits per heavy atom. The third kappa shape index (κ3) is 3.91. The number of hydrogen-bond donors (Lipinski definition) is 0. The van der Waals surface area contributed by atoms with Gasteiger partial charge in [-0.3, -0.25) is 4.79 Å². The van der Waals surface area contributed by atoms with Crippen molar-refractivity contribution in [1.29, 1.82) is 0 Å². The normalized spacial score (nSPS) is 15.3. The van der Waals surface area contributed by atoms with Gasteiger partial charge in [0.2, 0.25) is 0 Å². The Labute approximate surface area is 187 Å². The van der Waals surface area contributed by atoms with E-state index in [1.807, 2.05) is 41.3 Å². The summed E-state index contributed by atoms with van der Waals surface area (Å²) in [7, 11) is 0. The topological polar surface area (TPSA) is 63.9 Å². The van der Waals surface area contributed by atoms with E-state index in [4.69, 9.17) is 0 Å². The van der Waals surface area contributed by atoms with Crippen LogP contribution in [0, 0.1) is 6.92 Å². The van der Waals surface area contributed by atoms with Gasteiger partial charge in [-0.15, -0.1) is 5.10 Å². The fourth-order valence-electron chi connectivity index (χ4n) is 4.54.